The molecule has 6 nitrogen and oxygen atoms in total. The summed E-state index contributed by atoms with van der Waals surface area (Å²) in [6, 6.07) is 19.6. The lowest BCUT2D eigenvalue weighted by Gasteiger charge is -2.21. The van der Waals surface area contributed by atoms with Crippen LogP contribution in [0.15, 0.2) is 82.8 Å². The van der Waals surface area contributed by atoms with Gasteiger partial charge in [0.15, 0.2) is 0 Å². The minimum absolute atomic E-state index is 0.00590. The molecule has 0 aromatic heterocycles. The van der Waals surface area contributed by atoms with Crippen LogP contribution in [0.2, 0.25) is 15.1 Å². The predicted molar refractivity (Wildman–Crippen MR) is 128 cm³/mol. The maximum Gasteiger partial charge on any atom is 0.255 e. The summed E-state index contributed by atoms with van der Waals surface area (Å²) in [7, 11) is -3.97. The van der Waals surface area contributed by atoms with Gasteiger partial charge in [0, 0.05) is 22.2 Å². The molecule has 0 unspecified atom stereocenters. The van der Waals surface area contributed by atoms with E-state index in [1.54, 1.807) is 42.5 Å². The average Bonchev–Trinajstić information content (AvgIpc) is 2.76. The van der Waals surface area contributed by atoms with Crippen LogP contribution in [0.3, 0.4) is 0 Å². The summed E-state index contributed by atoms with van der Waals surface area (Å²) in [5, 5.41) is 5.12. The molecule has 3 aromatic carbocycles. The maximum absolute atomic E-state index is 13.2. The molecule has 3 rings (SSSR count). The Balaban J connectivity index is 1.78. The van der Waals surface area contributed by atoms with Gasteiger partial charge >= 0.3 is 0 Å². The van der Waals surface area contributed by atoms with Crippen molar-refractivity contribution >= 4 is 56.9 Å². The second-order valence-corrected chi connectivity index (χ2v) is 9.89. The fourth-order valence-electron chi connectivity index (χ4n) is 2.74. The van der Waals surface area contributed by atoms with Gasteiger partial charge in [0.25, 0.3) is 5.91 Å². The van der Waals surface area contributed by atoms with E-state index < -0.39 is 22.5 Å². The first kappa shape index (κ1) is 24.2. The van der Waals surface area contributed by atoms with Gasteiger partial charge in [-0.3, -0.25) is 4.79 Å². The van der Waals surface area contributed by atoms with E-state index in [0.717, 1.165) is 9.87 Å². The number of hydrogen-bond acceptors (Lipinski definition) is 4. The molecule has 3 aromatic rings. The molecule has 0 saturated heterocycles. The Kier molecular flexibility index (Phi) is 8.28. The molecule has 0 aliphatic heterocycles. The molecule has 1 amide bonds. The number of nitrogens with zero attached hydrogens (tertiary/aromatic N) is 2. The number of benzene rings is 3. The first-order valence-electron chi connectivity index (χ1n) is 9.32. The molecule has 0 aliphatic rings. The molecule has 10 heteroatoms. The van der Waals surface area contributed by atoms with Crippen LogP contribution in [0.5, 0.6) is 0 Å². The summed E-state index contributed by atoms with van der Waals surface area (Å²) in [5.74, 6) is -0.611. The first-order valence-corrected chi connectivity index (χ1v) is 11.9. The molecule has 0 atom stereocenters. The Labute approximate surface area is 201 Å². The monoisotopic (exact) mass is 509 g/mol. The van der Waals surface area contributed by atoms with E-state index in [-0.39, 0.29) is 11.4 Å². The SMILES string of the molecule is O=C(CN(Cc1ccccc1)S(=O)(=O)c1ccc(Cl)cc1)N/N=C\c1ccc(Cl)cc1Cl. The van der Waals surface area contributed by atoms with E-state index in [4.69, 9.17) is 34.8 Å². The number of rotatable bonds is 8. The molecule has 0 saturated carbocycles. The van der Waals surface area contributed by atoms with Crippen molar-refractivity contribution in [3.8, 4) is 0 Å². The summed E-state index contributed by atoms with van der Waals surface area (Å²) in [5.41, 5.74) is 3.61. The Morgan fingerprint density at radius 2 is 1.59 bits per heavy atom. The van der Waals surface area contributed by atoms with Crippen LogP contribution in [-0.2, 0) is 21.4 Å². The van der Waals surface area contributed by atoms with Crippen LogP contribution in [0, 0.1) is 0 Å². The van der Waals surface area contributed by atoms with Crippen molar-refractivity contribution in [2.45, 2.75) is 11.4 Å². The fraction of sp³-hybridized carbons (Fsp3) is 0.0909. The van der Waals surface area contributed by atoms with Gasteiger partial charge < -0.3 is 0 Å². The van der Waals surface area contributed by atoms with Gasteiger partial charge in [-0.05, 0) is 42.0 Å². The molecule has 32 heavy (non-hydrogen) atoms. The number of sulfonamides is 1. The third kappa shape index (κ3) is 6.54. The third-order valence-corrected chi connectivity index (χ3v) is 6.95. The zero-order valence-electron chi connectivity index (χ0n) is 16.6. The van der Waals surface area contributed by atoms with E-state index in [1.807, 2.05) is 6.07 Å². The van der Waals surface area contributed by atoms with E-state index in [9.17, 15) is 13.2 Å². The predicted octanol–water partition coefficient (Wildman–Crippen LogP) is 4.99. The molecule has 1 N–H and O–H groups in total. The molecule has 0 heterocycles. The molecule has 0 spiro atoms. The summed E-state index contributed by atoms with van der Waals surface area (Å²) < 4.78 is 27.5. The lowest BCUT2D eigenvalue weighted by atomic mass is 10.2. The quantitative estimate of drug-likeness (QED) is 0.343. The average molecular weight is 511 g/mol. The largest absolute Gasteiger partial charge is 0.272 e. The van der Waals surface area contributed by atoms with Gasteiger partial charge in [-0.2, -0.15) is 9.41 Å². The fourth-order valence-corrected chi connectivity index (χ4v) is 4.71. The zero-order valence-corrected chi connectivity index (χ0v) is 19.7. The highest BCUT2D eigenvalue weighted by Gasteiger charge is 2.27. The molecule has 166 valence electrons. The van der Waals surface area contributed by atoms with Crippen molar-refractivity contribution in [2.24, 2.45) is 5.10 Å². The summed E-state index contributed by atoms with van der Waals surface area (Å²) in [6.45, 7) is -0.433. The maximum atomic E-state index is 13.2. The highest BCUT2D eigenvalue weighted by atomic mass is 35.5. The number of carbonyl (C=O) groups is 1. The zero-order chi connectivity index (χ0) is 23.1. The summed E-state index contributed by atoms with van der Waals surface area (Å²) in [4.78, 5) is 12.5. The summed E-state index contributed by atoms with van der Waals surface area (Å²) >= 11 is 17.8. The van der Waals surface area contributed by atoms with Crippen LogP contribution in [0.4, 0.5) is 0 Å². The number of hydrazone groups is 1. The Bertz CT molecular complexity index is 1220. The normalized spacial score (nSPS) is 11.8. The minimum atomic E-state index is -3.97. The number of amides is 1. The third-order valence-electron chi connectivity index (χ3n) is 4.33. The summed E-state index contributed by atoms with van der Waals surface area (Å²) in [6.07, 6.45) is 1.35. The lowest BCUT2D eigenvalue weighted by molar-refractivity contribution is -0.121. The van der Waals surface area contributed by atoms with Crippen LogP contribution >= 0.6 is 34.8 Å². The number of hydrogen-bond donors (Lipinski definition) is 1. The Morgan fingerprint density at radius 3 is 2.25 bits per heavy atom. The van der Waals surface area contributed by atoms with Gasteiger partial charge in [0.2, 0.25) is 10.0 Å². The second-order valence-electron chi connectivity index (χ2n) is 6.67. The molecular formula is C22H18Cl3N3O3S. The Hall–Kier alpha value is -2.42. The van der Waals surface area contributed by atoms with Crippen molar-refractivity contribution in [1.29, 1.82) is 0 Å². The highest BCUT2D eigenvalue weighted by Crippen LogP contribution is 2.21. The topological polar surface area (TPSA) is 78.8 Å². The van der Waals surface area contributed by atoms with E-state index in [1.165, 1.54) is 30.5 Å². The smallest absolute Gasteiger partial charge is 0.255 e. The molecular weight excluding hydrogens is 493 g/mol. The van der Waals surface area contributed by atoms with Crippen LogP contribution < -0.4 is 5.43 Å². The van der Waals surface area contributed by atoms with E-state index >= 15 is 0 Å². The number of nitrogens with one attached hydrogen (secondary N) is 1. The molecule has 0 fully saturated rings. The highest BCUT2D eigenvalue weighted by molar-refractivity contribution is 7.89. The van der Waals surface area contributed by atoms with Gasteiger partial charge in [-0.15, -0.1) is 0 Å². The van der Waals surface area contributed by atoms with Crippen molar-refractivity contribution < 1.29 is 13.2 Å². The van der Waals surface area contributed by atoms with Gasteiger partial charge in [-0.25, -0.2) is 13.8 Å². The van der Waals surface area contributed by atoms with Crippen molar-refractivity contribution in [2.75, 3.05) is 6.54 Å². The van der Waals surface area contributed by atoms with Gasteiger partial charge in [-0.1, -0.05) is 71.2 Å². The number of halogens is 3. The molecule has 0 bridgehead atoms. The van der Waals surface area contributed by atoms with E-state index in [2.05, 4.69) is 10.5 Å². The van der Waals surface area contributed by atoms with Gasteiger partial charge in [0.1, 0.15) is 0 Å². The first-order chi connectivity index (χ1) is 15.3. The van der Waals surface area contributed by atoms with Crippen molar-refractivity contribution in [3.05, 3.63) is 99.0 Å². The van der Waals surface area contributed by atoms with Crippen LogP contribution in [0.1, 0.15) is 11.1 Å². The Morgan fingerprint density at radius 1 is 0.938 bits per heavy atom. The second kappa shape index (κ2) is 10.9. The lowest BCUT2D eigenvalue weighted by Crippen LogP contribution is -2.39. The van der Waals surface area contributed by atoms with Crippen molar-refractivity contribution in [1.82, 2.24) is 9.73 Å². The molecule has 0 aliphatic carbocycles. The number of carbonyl (C=O) groups excluding carboxylic acids is 1. The molecule has 0 radical (unpaired) electrons. The minimum Gasteiger partial charge on any atom is -0.272 e. The van der Waals surface area contributed by atoms with Crippen LogP contribution in [-0.4, -0.2) is 31.4 Å². The van der Waals surface area contributed by atoms with E-state index in [0.29, 0.717) is 20.6 Å². The van der Waals surface area contributed by atoms with Crippen molar-refractivity contribution in [3.63, 3.8) is 0 Å². The van der Waals surface area contributed by atoms with Gasteiger partial charge in [0.05, 0.1) is 22.7 Å². The standard InChI is InChI=1S/C22H18Cl3N3O3S/c23-18-8-10-20(11-9-18)32(30,31)28(14-16-4-2-1-3-5-16)15-22(29)27-26-13-17-6-7-19(24)12-21(17)25/h1-13H,14-15H2,(H,27,29)/b26-13-. The van der Waals surface area contributed by atoms with Crippen LogP contribution in [0.25, 0.3) is 0 Å².